The van der Waals surface area contributed by atoms with Crippen LogP contribution in [0, 0.1) is 12.7 Å². The average Bonchev–Trinajstić information content (AvgIpc) is 2.83. The second-order valence-corrected chi connectivity index (χ2v) is 5.15. The summed E-state index contributed by atoms with van der Waals surface area (Å²) in [5.74, 6) is -2.39. The van der Waals surface area contributed by atoms with Crippen molar-refractivity contribution in [2.24, 2.45) is 12.8 Å². The minimum absolute atomic E-state index is 0.0841. The summed E-state index contributed by atoms with van der Waals surface area (Å²) in [5, 5.41) is 15.2. The number of halogens is 1. The van der Waals surface area contributed by atoms with Crippen LogP contribution in [0.2, 0.25) is 0 Å². The lowest BCUT2D eigenvalue weighted by Gasteiger charge is -2.10. The molecule has 0 aliphatic carbocycles. The van der Waals surface area contributed by atoms with Crippen molar-refractivity contribution in [2.75, 3.05) is 6.54 Å². The van der Waals surface area contributed by atoms with Gasteiger partial charge in [-0.05, 0) is 30.7 Å². The van der Waals surface area contributed by atoms with Gasteiger partial charge < -0.3 is 16.2 Å². The third-order valence-corrected chi connectivity index (χ3v) is 3.51. The Morgan fingerprint density at radius 1 is 1.43 bits per heavy atom. The largest absolute Gasteiger partial charge is 0.480 e. The quantitative estimate of drug-likeness (QED) is 0.750. The Balaban J connectivity index is 2.25. The number of hydrogen-bond donors (Lipinski definition) is 3. The van der Waals surface area contributed by atoms with Crippen molar-refractivity contribution < 1.29 is 19.1 Å². The molecule has 1 heterocycles. The molecule has 8 heteroatoms. The summed E-state index contributed by atoms with van der Waals surface area (Å²) in [6.45, 7) is 1.59. The van der Waals surface area contributed by atoms with Crippen LogP contribution in [-0.2, 0) is 11.8 Å². The number of nitrogens with zero attached hydrogens (tertiary/aromatic N) is 2. The molecule has 0 saturated heterocycles. The van der Waals surface area contributed by atoms with E-state index in [1.54, 1.807) is 17.9 Å². The summed E-state index contributed by atoms with van der Waals surface area (Å²) in [5.41, 5.74) is 7.46. The highest BCUT2D eigenvalue weighted by Crippen LogP contribution is 2.24. The summed E-state index contributed by atoms with van der Waals surface area (Å²) in [6.07, 6.45) is 1.59. The Kier molecular flexibility index (Phi) is 4.75. The third-order valence-electron chi connectivity index (χ3n) is 3.51. The Morgan fingerprint density at radius 2 is 2.13 bits per heavy atom. The molecule has 0 aliphatic rings. The maximum Gasteiger partial charge on any atom is 0.322 e. The molecule has 0 radical (unpaired) electrons. The van der Waals surface area contributed by atoms with E-state index < -0.39 is 23.7 Å². The first-order valence-electron chi connectivity index (χ1n) is 6.85. The van der Waals surface area contributed by atoms with E-state index in [0.29, 0.717) is 11.1 Å². The number of carboxylic acids is 1. The Bertz CT molecular complexity index is 757. The number of nitrogens with two attached hydrogens (primary N) is 1. The molecule has 23 heavy (non-hydrogen) atoms. The fraction of sp³-hybridized carbons (Fsp3) is 0.267. The fourth-order valence-corrected chi connectivity index (χ4v) is 2.05. The second kappa shape index (κ2) is 6.57. The SMILES string of the molecule is Cc1c(-c2cc(F)cc(C(=O)NC[C@@H](N)C(=O)O)c2)cnn1C. The zero-order valence-corrected chi connectivity index (χ0v) is 12.7. The van der Waals surface area contributed by atoms with Crippen molar-refractivity contribution in [3.8, 4) is 11.1 Å². The van der Waals surface area contributed by atoms with Crippen LogP contribution in [0.3, 0.4) is 0 Å². The van der Waals surface area contributed by atoms with Crippen LogP contribution in [-0.4, -0.2) is 39.4 Å². The molecule has 0 unspecified atom stereocenters. The van der Waals surface area contributed by atoms with Crippen LogP contribution >= 0.6 is 0 Å². The molecule has 4 N–H and O–H groups in total. The molecular formula is C15H17FN4O3. The predicted octanol–water partition coefficient (Wildman–Crippen LogP) is 0.676. The van der Waals surface area contributed by atoms with E-state index in [-0.39, 0.29) is 12.1 Å². The first kappa shape index (κ1) is 16.6. The highest BCUT2D eigenvalue weighted by molar-refractivity contribution is 5.95. The molecule has 0 spiro atoms. The number of amides is 1. The van der Waals surface area contributed by atoms with Gasteiger partial charge in [0.05, 0.1) is 6.20 Å². The van der Waals surface area contributed by atoms with Gasteiger partial charge in [-0.3, -0.25) is 14.3 Å². The van der Waals surface area contributed by atoms with Crippen LogP contribution in [0.4, 0.5) is 4.39 Å². The van der Waals surface area contributed by atoms with E-state index >= 15 is 0 Å². The first-order chi connectivity index (χ1) is 10.8. The lowest BCUT2D eigenvalue weighted by molar-refractivity contribution is -0.138. The number of aromatic nitrogens is 2. The lowest BCUT2D eigenvalue weighted by Crippen LogP contribution is -2.42. The maximum atomic E-state index is 13.8. The Hall–Kier alpha value is -2.74. The summed E-state index contributed by atoms with van der Waals surface area (Å²) in [6, 6.07) is 2.70. The van der Waals surface area contributed by atoms with Gasteiger partial charge in [-0.25, -0.2) is 4.39 Å². The lowest BCUT2D eigenvalue weighted by atomic mass is 10.0. The van der Waals surface area contributed by atoms with Crippen LogP contribution in [0.1, 0.15) is 16.1 Å². The number of benzene rings is 1. The zero-order valence-electron chi connectivity index (χ0n) is 12.7. The smallest absolute Gasteiger partial charge is 0.322 e. The van der Waals surface area contributed by atoms with Gasteiger partial charge in [0.15, 0.2) is 0 Å². The van der Waals surface area contributed by atoms with Crippen molar-refractivity contribution in [2.45, 2.75) is 13.0 Å². The highest BCUT2D eigenvalue weighted by Gasteiger charge is 2.16. The van der Waals surface area contributed by atoms with Gasteiger partial charge >= 0.3 is 5.97 Å². The molecule has 122 valence electrons. The molecule has 1 atom stereocenters. The number of carbonyl (C=O) groups is 2. The summed E-state index contributed by atoms with van der Waals surface area (Å²) < 4.78 is 15.5. The summed E-state index contributed by atoms with van der Waals surface area (Å²) in [4.78, 5) is 22.7. The van der Waals surface area contributed by atoms with Crippen LogP contribution in [0.15, 0.2) is 24.4 Å². The van der Waals surface area contributed by atoms with E-state index in [1.165, 1.54) is 12.1 Å². The monoisotopic (exact) mass is 320 g/mol. The fourth-order valence-electron chi connectivity index (χ4n) is 2.05. The van der Waals surface area contributed by atoms with Crippen LogP contribution in [0.5, 0.6) is 0 Å². The third kappa shape index (κ3) is 3.72. The van der Waals surface area contributed by atoms with Gasteiger partial charge in [0, 0.05) is 30.4 Å². The zero-order chi connectivity index (χ0) is 17.1. The van der Waals surface area contributed by atoms with Crippen molar-refractivity contribution in [1.29, 1.82) is 0 Å². The number of nitrogens with one attached hydrogen (secondary N) is 1. The van der Waals surface area contributed by atoms with Gasteiger partial charge in [0.1, 0.15) is 11.9 Å². The standard InChI is InChI=1S/C15H17FN4O3/c1-8-12(6-19-20(8)2)9-3-10(5-11(16)4-9)14(21)18-7-13(17)15(22)23/h3-6,13H,7,17H2,1-2H3,(H,18,21)(H,22,23)/t13-/m1/s1. The van der Waals surface area contributed by atoms with Crippen molar-refractivity contribution in [3.63, 3.8) is 0 Å². The van der Waals surface area contributed by atoms with Gasteiger partial charge in [-0.15, -0.1) is 0 Å². The van der Waals surface area contributed by atoms with E-state index in [9.17, 15) is 14.0 Å². The predicted molar refractivity (Wildman–Crippen MR) is 81.3 cm³/mol. The Morgan fingerprint density at radius 3 is 2.70 bits per heavy atom. The van der Waals surface area contributed by atoms with Crippen LogP contribution in [0.25, 0.3) is 11.1 Å². The van der Waals surface area contributed by atoms with Crippen molar-refractivity contribution >= 4 is 11.9 Å². The average molecular weight is 320 g/mol. The molecule has 1 amide bonds. The van der Waals surface area contributed by atoms with Gasteiger partial charge in [-0.2, -0.15) is 5.10 Å². The minimum atomic E-state index is -1.23. The van der Waals surface area contributed by atoms with E-state index in [4.69, 9.17) is 10.8 Å². The Labute approximate surface area is 131 Å². The molecule has 2 aromatic rings. The molecule has 1 aromatic carbocycles. The number of hydrogen-bond acceptors (Lipinski definition) is 4. The number of rotatable bonds is 5. The molecule has 0 saturated carbocycles. The molecule has 2 rings (SSSR count). The molecule has 0 fully saturated rings. The van der Waals surface area contributed by atoms with Gasteiger partial charge in [-0.1, -0.05) is 0 Å². The number of aliphatic carboxylic acids is 1. The van der Waals surface area contributed by atoms with Gasteiger partial charge in [0.25, 0.3) is 5.91 Å². The van der Waals surface area contributed by atoms with Crippen molar-refractivity contribution in [3.05, 3.63) is 41.5 Å². The molecule has 1 aromatic heterocycles. The van der Waals surface area contributed by atoms with Gasteiger partial charge in [0.2, 0.25) is 0 Å². The molecule has 0 aliphatic heterocycles. The van der Waals surface area contributed by atoms with Crippen molar-refractivity contribution in [1.82, 2.24) is 15.1 Å². The first-order valence-corrected chi connectivity index (χ1v) is 6.85. The number of carbonyl (C=O) groups excluding carboxylic acids is 1. The molecule has 0 bridgehead atoms. The van der Waals surface area contributed by atoms with Crippen LogP contribution < -0.4 is 11.1 Å². The second-order valence-electron chi connectivity index (χ2n) is 5.15. The van der Waals surface area contributed by atoms with E-state index in [0.717, 1.165) is 11.8 Å². The number of carboxylic acid groups (broad SMARTS) is 1. The summed E-state index contributed by atoms with van der Waals surface area (Å²) in [7, 11) is 1.76. The molecular weight excluding hydrogens is 303 g/mol. The van der Waals surface area contributed by atoms with E-state index in [1.807, 2.05) is 6.92 Å². The van der Waals surface area contributed by atoms with E-state index in [2.05, 4.69) is 10.4 Å². The highest BCUT2D eigenvalue weighted by atomic mass is 19.1. The molecule has 7 nitrogen and oxygen atoms in total. The number of aryl methyl sites for hydroxylation is 1. The summed E-state index contributed by atoms with van der Waals surface area (Å²) >= 11 is 0. The topological polar surface area (TPSA) is 110 Å². The normalized spacial score (nSPS) is 12.0. The maximum absolute atomic E-state index is 13.8. The minimum Gasteiger partial charge on any atom is -0.480 e.